The summed E-state index contributed by atoms with van der Waals surface area (Å²) >= 11 is 0. The summed E-state index contributed by atoms with van der Waals surface area (Å²) in [6.07, 6.45) is 0. The predicted octanol–water partition coefficient (Wildman–Crippen LogP) is 1.55. The fourth-order valence-electron chi connectivity index (χ4n) is 2.15. The standard InChI is InChI=1S/C14H21N3O2/c1-14(2,9-15-3)17(4)8-10-5-6-12-11(7-10)16-13(18)19-12/h5-7,15H,8-9H2,1-4H3,(H,16,18). The van der Waals surface area contributed by atoms with Crippen molar-refractivity contribution in [3.8, 4) is 0 Å². The average Bonchev–Trinajstić information content (AvgIpc) is 2.68. The molecule has 104 valence electrons. The van der Waals surface area contributed by atoms with Gasteiger partial charge in [-0.05, 0) is 45.6 Å². The third-order valence-corrected chi connectivity index (χ3v) is 3.55. The van der Waals surface area contributed by atoms with Crippen LogP contribution in [0.3, 0.4) is 0 Å². The first kappa shape index (κ1) is 13.8. The van der Waals surface area contributed by atoms with E-state index >= 15 is 0 Å². The Morgan fingerprint density at radius 3 is 2.84 bits per heavy atom. The highest BCUT2D eigenvalue weighted by Crippen LogP contribution is 2.18. The van der Waals surface area contributed by atoms with Crippen LogP contribution in [-0.2, 0) is 6.54 Å². The molecule has 0 unspecified atom stereocenters. The van der Waals surface area contributed by atoms with Gasteiger partial charge < -0.3 is 9.73 Å². The van der Waals surface area contributed by atoms with Gasteiger partial charge in [-0.1, -0.05) is 6.07 Å². The molecule has 0 saturated carbocycles. The maximum absolute atomic E-state index is 11.1. The van der Waals surface area contributed by atoms with Crippen LogP contribution in [0.1, 0.15) is 19.4 Å². The topological polar surface area (TPSA) is 61.3 Å². The van der Waals surface area contributed by atoms with Crippen LogP contribution in [-0.4, -0.2) is 36.1 Å². The number of benzene rings is 1. The Balaban J connectivity index is 2.18. The van der Waals surface area contributed by atoms with Crippen molar-refractivity contribution >= 4 is 11.1 Å². The molecular formula is C14H21N3O2. The van der Waals surface area contributed by atoms with Crippen molar-refractivity contribution in [2.75, 3.05) is 20.6 Å². The van der Waals surface area contributed by atoms with Gasteiger partial charge in [-0.15, -0.1) is 0 Å². The fraction of sp³-hybridized carbons (Fsp3) is 0.500. The van der Waals surface area contributed by atoms with Crippen LogP contribution in [0.4, 0.5) is 0 Å². The lowest BCUT2D eigenvalue weighted by Gasteiger charge is -2.35. The highest BCUT2D eigenvalue weighted by atomic mass is 16.4. The monoisotopic (exact) mass is 263 g/mol. The molecule has 19 heavy (non-hydrogen) atoms. The first-order chi connectivity index (χ1) is 8.92. The number of nitrogens with one attached hydrogen (secondary N) is 2. The highest BCUT2D eigenvalue weighted by molar-refractivity contribution is 5.72. The first-order valence-electron chi connectivity index (χ1n) is 6.40. The number of aromatic nitrogens is 1. The second-order valence-electron chi connectivity index (χ2n) is 5.54. The van der Waals surface area contributed by atoms with Crippen LogP contribution < -0.4 is 11.1 Å². The summed E-state index contributed by atoms with van der Waals surface area (Å²) in [7, 11) is 4.05. The molecule has 0 spiro atoms. The van der Waals surface area contributed by atoms with Gasteiger partial charge in [0.2, 0.25) is 0 Å². The zero-order valence-electron chi connectivity index (χ0n) is 11.9. The smallest absolute Gasteiger partial charge is 0.408 e. The SMILES string of the molecule is CNCC(C)(C)N(C)Cc1ccc2oc(=O)[nH]c2c1. The Hall–Kier alpha value is -1.59. The van der Waals surface area contributed by atoms with Gasteiger partial charge >= 0.3 is 5.76 Å². The number of oxazole rings is 1. The Morgan fingerprint density at radius 1 is 1.42 bits per heavy atom. The van der Waals surface area contributed by atoms with Gasteiger partial charge in [0.1, 0.15) is 0 Å². The van der Waals surface area contributed by atoms with Gasteiger partial charge in [0.05, 0.1) is 5.52 Å². The normalized spacial score (nSPS) is 12.5. The number of likely N-dealkylation sites (N-methyl/N-ethyl adjacent to an activating group) is 2. The van der Waals surface area contributed by atoms with Crippen LogP contribution >= 0.6 is 0 Å². The van der Waals surface area contributed by atoms with E-state index in [1.807, 2.05) is 25.2 Å². The van der Waals surface area contributed by atoms with E-state index in [4.69, 9.17) is 4.42 Å². The van der Waals surface area contributed by atoms with E-state index in [1.165, 1.54) is 0 Å². The minimum atomic E-state index is -0.406. The van der Waals surface area contributed by atoms with Gasteiger partial charge in [-0.25, -0.2) is 4.79 Å². The van der Waals surface area contributed by atoms with Crippen molar-refractivity contribution in [3.63, 3.8) is 0 Å². The van der Waals surface area contributed by atoms with E-state index < -0.39 is 5.76 Å². The van der Waals surface area contributed by atoms with Gasteiger partial charge in [-0.2, -0.15) is 0 Å². The lowest BCUT2D eigenvalue weighted by atomic mass is 10.0. The molecule has 2 rings (SSSR count). The van der Waals surface area contributed by atoms with Crippen molar-refractivity contribution in [2.45, 2.75) is 25.9 Å². The molecule has 0 aliphatic heterocycles. The zero-order valence-corrected chi connectivity index (χ0v) is 11.9. The number of hydrogen-bond acceptors (Lipinski definition) is 4. The number of nitrogens with zero attached hydrogens (tertiary/aromatic N) is 1. The van der Waals surface area contributed by atoms with Crippen molar-refractivity contribution in [2.24, 2.45) is 0 Å². The molecule has 0 aliphatic carbocycles. The zero-order chi connectivity index (χ0) is 14.0. The molecule has 1 aromatic carbocycles. The van der Waals surface area contributed by atoms with Crippen LogP contribution in [0, 0.1) is 0 Å². The van der Waals surface area contributed by atoms with E-state index in [0.717, 1.165) is 24.2 Å². The second-order valence-corrected chi connectivity index (χ2v) is 5.54. The van der Waals surface area contributed by atoms with Gasteiger partial charge in [0.25, 0.3) is 0 Å². The molecule has 1 aromatic heterocycles. The van der Waals surface area contributed by atoms with Crippen molar-refractivity contribution in [3.05, 3.63) is 34.3 Å². The van der Waals surface area contributed by atoms with Crippen molar-refractivity contribution < 1.29 is 4.42 Å². The Labute approximate surface area is 112 Å². The average molecular weight is 263 g/mol. The number of rotatable bonds is 5. The predicted molar refractivity (Wildman–Crippen MR) is 76.3 cm³/mol. The van der Waals surface area contributed by atoms with Crippen LogP contribution in [0.15, 0.2) is 27.4 Å². The van der Waals surface area contributed by atoms with Gasteiger partial charge in [0.15, 0.2) is 5.58 Å². The summed E-state index contributed by atoms with van der Waals surface area (Å²) in [5, 5.41) is 3.20. The minimum Gasteiger partial charge on any atom is -0.408 e. The molecule has 5 heteroatoms. The second kappa shape index (κ2) is 5.19. The fourth-order valence-corrected chi connectivity index (χ4v) is 2.15. The molecule has 0 atom stereocenters. The van der Waals surface area contributed by atoms with Crippen molar-refractivity contribution in [1.82, 2.24) is 15.2 Å². The van der Waals surface area contributed by atoms with Gasteiger partial charge in [-0.3, -0.25) is 9.88 Å². The third kappa shape index (κ3) is 3.05. The summed E-state index contributed by atoms with van der Waals surface area (Å²) in [6.45, 7) is 6.12. The van der Waals surface area contributed by atoms with E-state index in [1.54, 1.807) is 0 Å². The molecule has 2 N–H and O–H groups in total. The molecule has 0 saturated heterocycles. The molecule has 1 heterocycles. The lowest BCUT2D eigenvalue weighted by molar-refractivity contribution is 0.147. The lowest BCUT2D eigenvalue weighted by Crippen LogP contribution is -2.47. The maximum atomic E-state index is 11.1. The maximum Gasteiger partial charge on any atom is 0.417 e. The van der Waals surface area contributed by atoms with Crippen molar-refractivity contribution in [1.29, 1.82) is 0 Å². The number of fused-ring (bicyclic) bond motifs is 1. The van der Waals surface area contributed by atoms with Crippen LogP contribution in [0.25, 0.3) is 11.1 Å². The van der Waals surface area contributed by atoms with E-state index in [0.29, 0.717) is 5.58 Å². The highest BCUT2D eigenvalue weighted by Gasteiger charge is 2.22. The summed E-state index contributed by atoms with van der Waals surface area (Å²) < 4.78 is 5.00. The van der Waals surface area contributed by atoms with Crippen LogP contribution in [0.5, 0.6) is 0 Å². The molecule has 0 bridgehead atoms. The summed E-state index contributed by atoms with van der Waals surface area (Å²) in [4.78, 5) is 16.1. The summed E-state index contributed by atoms with van der Waals surface area (Å²) in [5.74, 6) is -0.406. The largest absolute Gasteiger partial charge is 0.417 e. The van der Waals surface area contributed by atoms with E-state index in [-0.39, 0.29) is 5.54 Å². The molecule has 0 fully saturated rings. The molecule has 0 aliphatic rings. The van der Waals surface area contributed by atoms with Crippen LogP contribution in [0.2, 0.25) is 0 Å². The number of hydrogen-bond donors (Lipinski definition) is 2. The summed E-state index contributed by atoms with van der Waals surface area (Å²) in [6, 6.07) is 5.79. The molecule has 0 radical (unpaired) electrons. The molecule has 2 aromatic rings. The number of H-pyrrole nitrogens is 1. The minimum absolute atomic E-state index is 0.0630. The third-order valence-electron chi connectivity index (χ3n) is 3.55. The molecule has 5 nitrogen and oxygen atoms in total. The molecule has 0 amide bonds. The first-order valence-corrected chi connectivity index (χ1v) is 6.40. The quantitative estimate of drug-likeness (QED) is 0.859. The summed E-state index contributed by atoms with van der Waals surface area (Å²) in [5.41, 5.74) is 2.57. The Morgan fingerprint density at radius 2 is 2.16 bits per heavy atom. The molecular weight excluding hydrogens is 242 g/mol. The number of aromatic amines is 1. The van der Waals surface area contributed by atoms with E-state index in [2.05, 4.69) is 36.1 Å². The Bertz CT molecular complexity index is 612. The van der Waals surface area contributed by atoms with Gasteiger partial charge in [0, 0.05) is 18.6 Å². The Kier molecular flexibility index (Phi) is 3.78. The van der Waals surface area contributed by atoms with E-state index in [9.17, 15) is 4.79 Å².